The van der Waals surface area contributed by atoms with E-state index < -0.39 is 5.97 Å². The standard InChI is InChI=1S/C12H10BrNO4/c1-18-10(17)5-6-4-9(16)14-12-7(13)2-3-8(15)11(6)12/h2-4,15H,5H2,1H3,(H,14,16). The average molecular weight is 312 g/mol. The van der Waals surface area contributed by atoms with Crippen molar-refractivity contribution in [1.82, 2.24) is 4.98 Å². The number of methoxy groups -OCH3 is 1. The zero-order valence-corrected chi connectivity index (χ0v) is 11.1. The fourth-order valence-electron chi connectivity index (χ4n) is 1.77. The minimum absolute atomic E-state index is 0.00310. The third-order valence-corrected chi connectivity index (χ3v) is 3.23. The molecule has 0 radical (unpaired) electrons. The lowest BCUT2D eigenvalue weighted by Crippen LogP contribution is -2.11. The smallest absolute Gasteiger partial charge is 0.310 e. The van der Waals surface area contributed by atoms with Gasteiger partial charge in [0, 0.05) is 15.9 Å². The number of fused-ring (bicyclic) bond motifs is 1. The van der Waals surface area contributed by atoms with E-state index in [1.165, 1.54) is 19.2 Å². The molecule has 18 heavy (non-hydrogen) atoms. The van der Waals surface area contributed by atoms with Crippen LogP contribution in [0.3, 0.4) is 0 Å². The highest BCUT2D eigenvalue weighted by Crippen LogP contribution is 2.31. The molecule has 1 aromatic carbocycles. The first-order chi connectivity index (χ1) is 8.52. The van der Waals surface area contributed by atoms with Crippen molar-refractivity contribution in [1.29, 1.82) is 0 Å². The van der Waals surface area contributed by atoms with E-state index in [-0.39, 0.29) is 17.7 Å². The number of benzene rings is 1. The lowest BCUT2D eigenvalue weighted by Gasteiger charge is -2.08. The number of hydrogen-bond acceptors (Lipinski definition) is 4. The third kappa shape index (κ3) is 2.24. The molecule has 6 heteroatoms. The van der Waals surface area contributed by atoms with Crippen molar-refractivity contribution < 1.29 is 14.6 Å². The number of aromatic hydroxyl groups is 1. The van der Waals surface area contributed by atoms with E-state index in [0.717, 1.165) is 0 Å². The first kappa shape index (κ1) is 12.6. The molecule has 0 aliphatic rings. The molecule has 0 amide bonds. The molecule has 2 rings (SSSR count). The molecular weight excluding hydrogens is 302 g/mol. The van der Waals surface area contributed by atoms with Crippen LogP contribution in [0.1, 0.15) is 5.56 Å². The Hall–Kier alpha value is -1.82. The number of halogens is 1. The van der Waals surface area contributed by atoms with Crippen LogP contribution in [-0.4, -0.2) is 23.2 Å². The summed E-state index contributed by atoms with van der Waals surface area (Å²) >= 11 is 3.29. The summed E-state index contributed by atoms with van der Waals surface area (Å²) in [5, 5.41) is 10.3. The number of hydrogen-bond donors (Lipinski definition) is 2. The molecule has 94 valence electrons. The van der Waals surface area contributed by atoms with Gasteiger partial charge in [0.2, 0.25) is 5.56 Å². The number of phenols is 1. The highest BCUT2D eigenvalue weighted by atomic mass is 79.9. The molecule has 0 aliphatic heterocycles. The molecule has 1 aromatic heterocycles. The van der Waals surface area contributed by atoms with Gasteiger partial charge in [-0.1, -0.05) is 0 Å². The number of aromatic nitrogens is 1. The quantitative estimate of drug-likeness (QED) is 0.828. The second-order valence-corrected chi connectivity index (χ2v) is 4.58. The van der Waals surface area contributed by atoms with E-state index in [4.69, 9.17) is 0 Å². The zero-order chi connectivity index (χ0) is 13.3. The Kier molecular flexibility index (Phi) is 3.38. The van der Waals surface area contributed by atoms with Crippen LogP contribution < -0.4 is 5.56 Å². The lowest BCUT2D eigenvalue weighted by molar-refractivity contribution is -0.139. The molecule has 0 fully saturated rings. The largest absolute Gasteiger partial charge is 0.507 e. The Morgan fingerprint density at radius 2 is 2.22 bits per heavy atom. The summed E-state index contributed by atoms with van der Waals surface area (Å²) in [6, 6.07) is 4.40. The van der Waals surface area contributed by atoms with Gasteiger partial charge in [-0.2, -0.15) is 0 Å². The normalized spacial score (nSPS) is 10.6. The van der Waals surface area contributed by atoms with Crippen LogP contribution in [0.2, 0.25) is 0 Å². The molecule has 0 unspecified atom stereocenters. The van der Waals surface area contributed by atoms with Crippen molar-refractivity contribution in [3.05, 3.63) is 38.6 Å². The van der Waals surface area contributed by atoms with E-state index in [1.54, 1.807) is 6.07 Å². The molecule has 0 saturated carbocycles. The number of carbonyl (C=O) groups is 1. The van der Waals surface area contributed by atoms with Crippen LogP contribution in [0.4, 0.5) is 0 Å². The number of rotatable bonds is 2. The van der Waals surface area contributed by atoms with E-state index >= 15 is 0 Å². The number of esters is 1. The zero-order valence-electron chi connectivity index (χ0n) is 9.49. The van der Waals surface area contributed by atoms with Crippen molar-refractivity contribution in [2.24, 2.45) is 0 Å². The number of phenolic OH excluding ortho intramolecular Hbond substituents is 1. The van der Waals surface area contributed by atoms with Crippen molar-refractivity contribution in [3.63, 3.8) is 0 Å². The molecule has 0 atom stereocenters. The molecule has 0 saturated heterocycles. The van der Waals surface area contributed by atoms with E-state index in [9.17, 15) is 14.7 Å². The van der Waals surface area contributed by atoms with Gasteiger partial charge in [-0.05, 0) is 33.6 Å². The number of nitrogens with one attached hydrogen (secondary N) is 1. The van der Waals surface area contributed by atoms with Crippen LogP contribution in [0.25, 0.3) is 10.9 Å². The molecule has 5 nitrogen and oxygen atoms in total. The number of ether oxygens (including phenoxy) is 1. The minimum Gasteiger partial charge on any atom is -0.507 e. The average Bonchev–Trinajstić information content (AvgIpc) is 2.33. The Morgan fingerprint density at radius 3 is 2.89 bits per heavy atom. The number of H-pyrrole nitrogens is 1. The third-order valence-electron chi connectivity index (χ3n) is 2.57. The van der Waals surface area contributed by atoms with Gasteiger partial charge in [0.05, 0.1) is 19.0 Å². The topological polar surface area (TPSA) is 79.4 Å². The molecule has 0 spiro atoms. The van der Waals surface area contributed by atoms with Crippen LogP contribution in [0.15, 0.2) is 27.5 Å². The number of carbonyl (C=O) groups excluding carboxylic acids is 1. The SMILES string of the molecule is COC(=O)Cc1cc(=O)[nH]c2c(Br)ccc(O)c12. The molecule has 2 aromatic rings. The summed E-state index contributed by atoms with van der Waals surface area (Å²) in [4.78, 5) is 25.4. The minimum atomic E-state index is -0.471. The lowest BCUT2D eigenvalue weighted by atomic mass is 10.1. The van der Waals surface area contributed by atoms with E-state index in [0.29, 0.717) is 20.9 Å². The van der Waals surface area contributed by atoms with E-state index in [1.807, 2.05) is 0 Å². The first-order valence-electron chi connectivity index (χ1n) is 5.13. The van der Waals surface area contributed by atoms with Gasteiger partial charge < -0.3 is 14.8 Å². The molecule has 1 heterocycles. The highest BCUT2D eigenvalue weighted by molar-refractivity contribution is 9.10. The maximum absolute atomic E-state index is 11.5. The number of aromatic amines is 1. The second kappa shape index (κ2) is 4.81. The molecule has 0 aliphatic carbocycles. The summed E-state index contributed by atoms with van der Waals surface area (Å²) in [5.74, 6) is -0.468. The predicted molar refractivity (Wildman–Crippen MR) is 69.7 cm³/mol. The number of pyridine rings is 1. The van der Waals surface area contributed by atoms with Gasteiger partial charge in [-0.3, -0.25) is 9.59 Å². The summed E-state index contributed by atoms with van der Waals surface area (Å²) < 4.78 is 5.21. The van der Waals surface area contributed by atoms with Gasteiger partial charge in [0.1, 0.15) is 5.75 Å². The summed E-state index contributed by atoms with van der Waals surface area (Å²) in [5.41, 5.74) is 0.550. The maximum Gasteiger partial charge on any atom is 0.310 e. The molecule has 2 N–H and O–H groups in total. The summed E-state index contributed by atoms with van der Waals surface area (Å²) in [6.07, 6.45) is -0.0685. The van der Waals surface area contributed by atoms with Gasteiger partial charge in [-0.25, -0.2) is 0 Å². The summed E-state index contributed by atoms with van der Waals surface area (Å²) in [7, 11) is 1.27. The fourth-order valence-corrected chi connectivity index (χ4v) is 2.20. The van der Waals surface area contributed by atoms with Crippen molar-refractivity contribution >= 4 is 32.8 Å². The van der Waals surface area contributed by atoms with Crippen LogP contribution in [-0.2, 0) is 16.0 Å². The van der Waals surface area contributed by atoms with Crippen molar-refractivity contribution in [2.75, 3.05) is 7.11 Å². The van der Waals surface area contributed by atoms with Crippen LogP contribution in [0, 0.1) is 0 Å². The Balaban J connectivity index is 2.76. The summed E-state index contributed by atoms with van der Waals surface area (Å²) in [6.45, 7) is 0. The predicted octanol–water partition coefficient (Wildman–Crippen LogP) is 1.71. The van der Waals surface area contributed by atoms with Gasteiger partial charge >= 0.3 is 5.97 Å². The van der Waals surface area contributed by atoms with Crippen LogP contribution >= 0.6 is 15.9 Å². The maximum atomic E-state index is 11.5. The molecular formula is C12H10BrNO4. The van der Waals surface area contributed by atoms with Crippen molar-refractivity contribution in [3.8, 4) is 5.75 Å². The fraction of sp³-hybridized carbons (Fsp3) is 0.167. The Labute approximate surface area is 111 Å². The highest BCUT2D eigenvalue weighted by Gasteiger charge is 2.13. The van der Waals surface area contributed by atoms with Gasteiger partial charge in [-0.15, -0.1) is 0 Å². The van der Waals surface area contributed by atoms with Gasteiger partial charge in [0.25, 0.3) is 0 Å². The first-order valence-corrected chi connectivity index (χ1v) is 5.92. The van der Waals surface area contributed by atoms with Crippen molar-refractivity contribution in [2.45, 2.75) is 6.42 Å². The van der Waals surface area contributed by atoms with Gasteiger partial charge in [0.15, 0.2) is 0 Å². The molecule has 0 bridgehead atoms. The van der Waals surface area contributed by atoms with Crippen LogP contribution in [0.5, 0.6) is 5.75 Å². The second-order valence-electron chi connectivity index (χ2n) is 3.73. The monoisotopic (exact) mass is 311 g/mol. The Bertz CT molecular complexity index is 678. The Morgan fingerprint density at radius 1 is 1.50 bits per heavy atom. The van der Waals surface area contributed by atoms with E-state index in [2.05, 4.69) is 25.7 Å².